The normalized spacial score (nSPS) is 12.1. The van der Waals surface area contributed by atoms with E-state index < -0.39 is 0 Å². The zero-order valence-corrected chi connectivity index (χ0v) is 15.6. The maximum atomic E-state index is 12.3. The molecule has 0 saturated heterocycles. The largest absolute Gasteiger partial charge is 0.302 e. The summed E-state index contributed by atoms with van der Waals surface area (Å²) in [6.45, 7) is 6.40. The number of hydrogen-bond acceptors (Lipinski definition) is 8. The van der Waals surface area contributed by atoms with Crippen LogP contribution in [0.25, 0.3) is 11.4 Å². The first-order chi connectivity index (χ1) is 12.1. The number of carbonyl (C=O) groups is 1. The van der Waals surface area contributed by atoms with Gasteiger partial charge in [-0.3, -0.25) is 15.1 Å². The first-order valence-corrected chi connectivity index (χ1v) is 9.39. The van der Waals surface area contributed by atoms with Crippen LogP contribution in [0, 0.1) is 6.92 Å². The summed E-state index contributed by atoms with van der Waals surface area (Å²) in [4.78, 5) is 16.4. The molecule has 0 saturated carbocycles. The molecule has 0 radical (unpaired) electrons. The van der Waals surface area contributed by atoms with Gasteiger partial charge in [-0.1, -0.05) is 23.1 Å². The van der Waals surface area contributed by atoms with Gasteiger partial charge >= 0.3 is 0 Å². The smallest absolute Gasteiger partial charge is 0.239 e. The van der Waals surface area contributed by atoms with E-state index in [0.29, 0.717) is 16.8 Å². The highest BCUT2D eigenvalue weighted by atomic mass is 32.2. The first-order valence-electron chi connectivity index (χ1n) is 7.69. The number of nitrogens with zero attached hydrogens (tertiary/aromatic N) is 6. The van der Waals surface area contributed by atoms with Crippen molar-refractivity contribution >= 4 is 34.1 Å². The van der Waals surface area contributed by atoms with Gasteiger partial charge in [-0.15, -0.1) is 20.4 Å². The minimum Gasteiger partial charge on any atom is -0.302 e. The van der Waals surface area contributed by atoms with E-state index in [1.165, 1.54) is 23.1 Å². The van der Waals surface area contributed by atoms with E-state index in [1.54, 1.807) is 12.4 Å². The summed E-state index contributed by atoms with van der Waals surface area (Å²) < 4.78 is 1.98. The molecule has 0 fully saturated rings. The first kappa shape index (κ1) is 17.5. The van der Waals surface area contributed by atoms with Gasteiger partial charge in [0, 0.05) is 24.5 Å². The van der Waals surface area contributed by atoms with Crippen molar-refractivity contribution in [3.05, 3.63) is 29.5 Å². The lowest BCUT2D eigenvalue weighted by Gasteiger charge is -2.11. The Morgan fingerprint density at radius 3 is 2.68 bits per heavy atom. The lowest BCUT2D eigenvalue weighted by Crippen LogP contribution is -2.22. The van der Waals surface area contributed by atoms with E-state index in [1.807, 2.05) is 37.5 Å². The molecule has 3 heterocycles. The SMILES string of the molecule is CCn1c(SC(C)C(=O)Nc2nnc(C)s2)nnc1-c1ccncc1. The van der Waals surface area contributed by atoms with Gasteiger partial charge in [0.1, 0.15) is 5.01 Å². The van der Waals surface area contributed by atoms with Crippen molar-refractivity contribution in [1.82, 2.24) is 29.9 Å². The van der Waals surface area contributed by atoms with E-state index in [4.69, 9.17) is 0 Å². The highest BCUT2D eigenvalue weighted by Crippen LogP contribution is 2.27. The Kier molecular flexibility index (Phi) is 5.39. The van der Waals surface area contributed by atoms with Crippen molar-refractivity contribution in [2.45, 2.75) is 37.7 Å². The van der Waals surface area contributed by atoms with Gasteiger partial charge in [0.15, 0.2) is 11.0 Å². The number of aryl methyl sites for hydroxylation is 1. The van der Waals surface area contributed by atoms with Crippen molar-refractivity contribution < 1.29 is 4.79 Å². The van der Waals surface area contributed by atoms with Crippen LogP contribution < -0.4 is 5.32 Å². The Balaban J connectivity index is 1.74. The number of pyridine rings is 1. The predicted molar refractivity (Wildman–Crippen MR) is 97.5 cm³/mol. The fourth-order valence-corrected chi connectivity index (χ4v) is 3.65. The van der Waals surface area contributed by atoms with E-state index >= 15 is 0 Å². The standard InChI is InChI=1S/C15H17N7OS2/c1-4-22-12(11-5-7-16-8-6-11)19-21-15(22)24-9(2)13(23)17-14-20-18-10(3)25-14/h5-9H,4H2,1-3H3,(H,17,20,23). The molecule has 130 valence electrons. The summed E-state index contributed by atoms with van der Waals surface area (Å²) in [7, 11) is 0. The number of nitrogens with one attached hydrogen (secondary N) is 1. The second-order valence-corrected chi connectivity index (χ2v) is 7.65. The van der Waals surface area contributed by atoms with Crippen molar-refractivity contribution in [2.24, 2.45) is 0 Å². The molecular formula is C15H17N7OS2. The summed E-state index contributed by atoms with van der Waals surface area (Å²) in [5.74, 6) is 0.622. The molecular weight excluding hydrogens is 358 g/mol. The van der Waals surface area contributed by atoms with Crippen molar-refractivity contribution in [3.8, 4) is 11.4 Å². The highest BCUT2D eigenvalue weighted by Gasteiger charge is 2.21. The lowest BCUT2D eigenvalue weighted by molar-refractivity contribution is -0.115. The number of carbonyl (C=O) groups excluding carboxylic acids is 1. The number of hydrogen-bond donors (Lipinski definition) is 1. The van der Waals surface area contributed by atoms with Crippen molar-refractivity contribution in [2.75, 3.05) is 5.32 Å². The van der Waals surface area contributed by atoms with E-state index in [2.05, 4.69) is 30.7 Å². The molecule has 3 rings (SSSR count). The molecule has 25 heavy (non-hydrogen) atoms. The fourth-order valence-electron chi connectivity index (χ4n) is 2.14. The summed E-state index contributed by atoms with van der Waals surface area (Å²) in [6.07, 6.45) is 3.44. The average molecular weight is 375 g/mol. The third-order valence-electron chi connectivity index (χ3n) is 3.38. The zero-order chi connectivity index (χ0) is 17.8. The number of amides is 1. The Bertz CT molecular complexity index is 862. The third-order valence-corrected chi connectivity index (χ3v) is 5.21. The molecule has 0 bridgehead atoms. The van der Waals surface area contributed by atoms with Crippen LogP contribution in [0.5, 0.6) is 0 Å². The Hall–Kier alpha value is -2.33. The van der Waals surface area contributed by atoms with Gasteiger partial charge < -0.3 is 4.57 Å². The predicted octanol–water partition coefficient (Wildman–Crippen LogP) is 2.64. The molecule has 0 aliphatic rings. The molecule has 0 aromatic carbocycles. The molecule has 3 aromatic rings. The quantitative estimate of drug-likeness (QED) is 0.661. The van der Waals surface area contributed by atoms with Gasteiger partial charge in [-0.05, 0) is 32.9 Å². The average Bonchev–Trinajstić information content (AvgIpc) is 3.21. The Morgan fingerprint density at radius 1 is 1.28 bits per heavy atom. The number of aromatic nitrogens is 6. The summed E-state index contributed by atoms with van der Waals surface area (Å²) in [5, 5.41) is 20.8. The van der Waals surface area contributed by atoms with Gasteiger partial charge in [-0.25, -0.2) is 0 Å². The van der Waals surface area contributed by atoms with E-state index in [9.17, 15) is 4.79 Å². The van der Waals surface area contributed by atoms with Gasteiger partial charge in [-0.2, -0.15) is 0 Å². The Labute approximate surface area is 153 Å². The Morgan fingerprint density at radius 2 is 2.04 bits per heavy atom. The van der Waals surface area contributed by atoms with Crippen LogP contribution in [0.3, 0.4) is 0 Å². The topological polar surface area (TPSA) is 98.5 Å². The zero-order valence-electron chi connectivity index (χ0n) is 14.0. The van der Waals surface area contributed by atoms with Gasteiger partial charge in [0.05, 0.1) is 5.25 Å². The maximum Gasteiger partial charge on any atom is 0.239 e. The van der Waals surface area contributed by atoms with Crippen LogP contribution in [0.1, 0.15) is 18.9 Å². The van der Waals surface area contributed by atoms with Crippen LogP contribution in [0.4, 0.5) is 5.13 Å². The minimum atomic E-state index is -0.344. The molecule has 3 aromatic heterocycles. The van der Waals surface area contributed by atoms with Crippen molar-refractivity contribution in [1.29, 1.82) is 0 Å². The second kappa shape index (κ2) is 7.70. The lowest BCUT2D eigenvalue weighted by atomic mass is 10.2. The minimum absolute atomic E-state index is 0.141. The molecule has 10 heteroatoms. The molecule has 8 nitrogen and oxygen atoms in total. The summed E-state index contributed by atoms with van der Waals surface area (Å²) in [5.41, 5.74) is 0.942. The van der Waals surface area contributed by atoms with Crippen LogP contribution in [-0.4, -0.2) is 41.1 Å². The summed E-state index contributed by atoms with van der Waals surface area (Å²) in [6, 6.07) is 3.77. The number of thioether (sulfide) groups is 1. The van der Waals surface area contributed by atoms with E-state index in [0.717, 1.165) is 16.4 Å². The van der Waals surface area contributed by atoms with Gasteiger partial charge in [0.2, 0.25) is 11.0 Å². The molecule has 1 amide bonds. The third kappa shape index (κ3) is 4.02. The van der Waals surface area contributed by atoms with Crippen LogP contribution in [0.2, 0.25) is 0 Å². The molecule has 0 aliphatic carbocycles. The monoisotopic (exact) mass is 375 g/mol. The molecule has 1 atom stereocenters. The van der Waals surface area contributed by atoms with Gasteiger partial charge in [0.25, 0.3) is 0 Å². The van der Waals surface area contributed by atoms with Crippen LogP contribution in [-0.2, 0) is 11.3 Å². The second-order valence-electron chi connectivity index (χ2n) is 5.16. The number of rotatable bonds is 6. The van der Waals surface area contributed by atoms with Crippen molar-refractivity contribution in [3.63, 3.8) is 0 Å². The maximum absolute atomic E-state index is 12.3. The van der Waals surface area contributed by atoms with E-state index in [-0.39, 0.29) is 11.2 Å². The van der Waals surface area contributed by atoms with Crippen LogP contribution >= 0.6 is 23.1 Å². The molecule has 1 unspecified atom stereocenters. The molecule has 0 aliphatic heterocycles. The van der Waals surface area contributed by atoms with Crippen LogP contribution in [0.15, 0.2) is 29.7 Å². The summed E-state index contributed by atoms with van der Waals surface area (Å²) >= 11 is 2.71. The molecule has 0 spiro atoms. The number of anilines is 1. The molecule has 1 N–H and O–H groups in total. The fraction of sp³-hybridized carbons (Fsp3) is 0.333. The highest BCUT2D eigenvalue weighted by molar-refractivity contribution is 8.00.